The zero-order valence-corrected chi connectivity index (χ0v) is 16.2. The number of ether oxygens (including phenoxy) is 3. The predicted molar refractivity (Wildman–Crippen MR) is 108 cm³/mol. The molecule has 29 heavy (non-hydrogen) atoms. The maximum Gasteiger partial charge on any atom is 0.251 e. The molecule has 1 aliphatic carbocycles. The molecule has 2 aromatic carbocycles. The van der Waals surface area contributed by atoms with Gasteiger partial charge in [0.1, 0.15) is 5.82 Å². The van der Waals surface area contributed by atoms with E-state index >= 15 is 0 Å². The summed E-state index contributed by atoms with van der Waals surface area (Å²) in [5.41, 5.74) is 2.55. The Labute approximate surface area is 168 Å². The van der Waals surface area contributed by atoms with Crippen LogP contribution in [0.1, 0.15) is 47.8 Å². The molecule has 0 spiro atoms. The van der Waals surface area contributed by atoms with E-state index in [4.69, 9.17) is 19.2 Å². The monoisotopic (exact) mass is 393 g/mol. The van der Waals surface area contributed by atoms with Crippen molar-refractivity contribution in [2.45, 2.75) is 37.6 Å². The number of hydrogen-bond acceptors (Lipinski definition) is 5. The molecular formula is C22H23N3O4. The number of carbonyl (C=O) groups excluding carboxylic acids is 1. The Balaban J connectivity index is 1.31. The van der Waals surface area contributed by atoms with Crippen molar-refractivity contribution in [2.24, 2.45) is 0 Å². The average molecular weight is 393 g/mol. The number of imidazole rings is 1. The lowest BCUT2D eigenvalue weighted by atomic mass is 9.85. The summed E-state index contributed by atoms with van der Waals surface area (Å²) in [5.74, 6) is 2.79. The molecule has 0 bridgehead atoms. The maximum atomic E-state index is 12.9. The highest BCUT2D eigenvalue weighted by Crippen LogP contribution is 2.42. The van der Waals surface area contributed by atoms with Gasteiger partial charge in [-0.2, -0.15) is 0 Å². The largest absolute Gasteiger partial charge is 0.493 e. The van der Waals surface area contributed by atoms with Gasteiger partial charge in [0.15, 0.2) is 11.5 Å². The third-order valence-electron chi connectivity index (χ3n) is 5.72. The number of aromatic nitrogens is 2. The van der Waals surface area contributed by atoms with Crippen molar-refractivity contribution in [2.75, 3.05) is 13.9 Å². The molecule has 1 amide bonds. The smallest absolute Gasteiger partial charge is 0.251 e. The minimum atomic E-state index is -0.128. The fourth-order valence-electron chi connectivity index (χ4n) is 4.26. The lowest BCUT2D eigenvalue weighted by molar-refractivity contribution is 0.0924. The van der Waals surface area contributed by atoms with E-state index in [1.807, 2.05) is 24.3 Å². The molecule has 7 heteroatoms. The normalized spacial score (nSPS) is 20.6. The van der Waals surface area contributed by atoms with Gasteiger partial charge < -0.3 is 24.5 Å². The minimum Gasteiger partial charge on any atom is -0.493 e. The minimum absolute atomic E-state index is 0.103. The van der Waals surface area contributed by atoms with Crippen LogP contribution in [0.5, 0.6) is 17.2 Å². The van der Waals surface area contributed by atoms with E-state index in [0.717, 1.165) is 42.5 Å². The molecule has 1 aromatic heterocycles. The van der Waals surface area contributed by atoms with E-state index in [-0.39, 0.29) is 18.7 Å². The summed E-state index contributed by atoms with van der Waals surface area (Å²) < 4.78 is 16.2. The van der Waals surface area contributed by atoms with Gasteiger partial charge in [-0.1, -0.05) is 18.6 Å². The molecule has 2 heterocycles. The summed E-state index contributed by atoms with van der Waals surface area (Å²) in [6, 6.07) is 11.6. The number of benzene rings is 2. The Bertz CT molecular complexity index is 1030. The van der Waals surface area contributed by atoms with Crippen molar-refractivity contribution in [3.63, 3.8) is 0 Å². The van der Waals surface area contributed by atoms with Gasteiger partial charge in [-0.3, -0.25) is 4.79 Å². The number of hydrogen-bond donors (Lipinski definition) is 2. The standard InChI is InChI=1S/C22H23N3O4/c1-27-18-10-14(11-19-20(18)29-12-28-19)22(26)23-15-6-4-5-13(9-15)21-24-16-7-2-3-8-17(16)25-21/h2-3,7-8,10-11,13,15H,4-6,9,12H2,1H3,(H,23,26)(H,24,25)/t13?,15-/m1/s1. The summed E-state index contributed by atoms with van der Waals surface area (Å²) in [5, 5.41) is 3.18. The summed E-state index contributed by atoms with van der Waals surface area (Å²) >= 11 is 0. The van der Waals surface area contributed by atoms with Gasteiger partial charge in [0.2, 0.25) is 12.5 Å². The van der Waals surface area contributed by atoms with Gasteiger partial charge in [-0.25, -0.2) is 4.98 Å². The van der Waals surface area contributed by atoms with Gasteiger partial charge in [0.25, 0.3) is 5.91 Å². The molecule has 2 atom stereocenters. The molecule has 1 unspecified atom stereocenters. The first-order valence-electron chi connectivity index (χ1n) is 9.94. The van der Waals surface area contributed by atoms with Crippen LogP contribution in [0.3, 0.4) is 0 Å². The zero-order valence-electron chi connectivity index (χ0n) is 16.2. The van der Waals surface area contributed by atoms with E-state index in [1.54, 1.807) is 19.2 Å². The van der Waals surface area contributed by atoms with Gasteiger partial charge in [0.05, 0.1) is 18.1 Å². The highest BCUT2D eigenvalue weighted by Gasteiger charge is 2.28. The Morgan fingerprint density at radius 1 is 1.24 bits per heavy atom. The number of nitrogens with zero attached hydrogens (tertiary/aromatic N) is 1. The van der Waals surface area contributed by atoms with Gasteiger partial charge in [-0.15, -0.1) is 0 Å². The lowest BCUT2D eigenvalue weighted by Crippen LogP contribution is -2.38. The van der Waals surface area contributed by atoms with E-state index < -0.39 is 0 Å². The number of aromatic amines is 1. The van der Waals surface area contributed by atoms with E-state index in [1.165, 1.54) is 0 Å². The summed E-state index contributed by atoms with van der Waals surface area (Å²) in [4.78, 5) is 21.1. The van der Waals surface area contributed by atoms with Gasteiger partial charge >= 0.3 is 0 Å². The van der Waals surface area contributed by atoms with Crippen molar-refractivity contribution < 1.29 is 19.0 Å². The molecule has 1 fully saturated rings. The van der Waals surface area contributed by atoms with E-state index in [2.05, 4.69) is 10.3 Å². The van der Waals surface area contributed by atoms with Crippen LogP contribution in [0.2, 0.25) is 0 Å². The molecule has 1 saturated carbocycles. The maximum absolute atomic E-state index is 12.9. The second-order valence-electron chi connectivity index (χ2n) is 7.59. The summed E-state index contributed by atoms with van der Waals surface area (Å²) in [6.45, 7) is 0.137. The number of H-pyrrole nitrogens is 1. The first-order chi connectivity index (χ1) is 14.2. The third-order valence-corrected chi connectivity index (χ3v) is 5.72. The Kier molecular flexibility index (Phi) is 4.50. The third kappa shape index (κ3) is 3.37. The van der Waals surface area contributed by atoms with Crippen LogP contribution in [-0.2, 0) is 0 Å². The quantitative estimate of drug-likeness (QED) is 0.705. The van der Waals surface area contributed by atoms with Crippen LogP contribution in [0, 0.1) is 0 Å². The second kappa shape index (κ2) is 7.31. The number of rotatable bonds is 4. The number of fused-ring (bicyclic) bond motifs is 2. The van der Waals surface area contributed by atoms with Crippen LogP contribution in [-0.4, -0.2) is 35.8 Å². The second-order valence-corrected chi connectivity index (χ2v) is 7.59. The molecular weight excluding hydrogens is 370 g/mol. The SMILES string of the molecule is COc1cc(C(=O)N[C@@H]2CCCC(c3nc4ccccc4[nH]3)C2)cc2c1OCO2. The fourth-order valence-corrected chi connectivity index (χ4v) is 4.26. The first-order valence-corrected chi connectivity index (χ1v) is 9.94. The van der Waals surface area contributed by atoms with Gasteiger partial charge in [-0.05, 0) is 43.5 Å². The van der Waals surface area contributed by atoms with Crippen molar-refractivity contribution in [3.8, 4) is 17.2 Å². The summed E-state index contributed by atoms with van der Waals surface area (Å²) in [6.07, 6.45) is 3.96. The average Bonchev–Trinajstić information content (AvgIpc) is 3.40. The predicted octanol–water partition coefficient (Wildman–Crippen LogP) is 3.76. The van der Waals surface area contributed by atoms with Crippen molar-refractivity contribution in [1.82, 2.24) is 15.3 Å². The highest BCUT2D eigenvalue weighted by molar-refractivity contribution is 5.96. The topological polar surface area (TPSA) is 85.5 Å². The molecule has 5 rings (SSSR count). The molecule has 150 valence electrons. The number of para-hydroxylation sites is 2. The Morgan fingerprint density at radius 2 is 2.14 bits per heavy atom. The van der Waals surface area contributed by atoms with Crippen LogP contribution in [0.4, 0.5) is 0 Å². The van der Waals surface area contributed by atoms with Crippen molar-refractivity contribution >= 4 is 16.9 Å². The first kappa shape index (κ1) is 17.8. The van der Waals surface area contributed by atoms with Crippen molar-refractivity contribution in [1.29, 1.82) is 0 Å². The van der Waals surface area contributed by atoms with Crippen LogP contribution >= 0.6 is 0 Å². The highest BCUT2D eigenvalue weighted by atomic mass is 16.7. The number of methoxy groups -OCH3 is 1. The van der Waals surface area contributed by atoms with Crippen LogP contribution in [0.15, 0.2) is 36.4 Å². The fraction of sp³-hybridized carbons (Fsp3) is 0.364. The van der Waals surface area contributed by atoms with E-state index in [9.17, 15) is 4.79 Å². The molecule has 0 saturated heterocycles. The molecule has 2 aliphatic rings. The Hall–Kier alpha value is -3.22. The van der Waals surface area contributed by atoms with Crippen LogP contribution < -0.4 is 19.5 Å². The number of nitrogens with one attached hydrogen (secondary N) is 2. The number of carbonyl (C=O) groups is 1. The van der Waals surface area contributed by atoms with Crippen LogP contribution in [0.25, 0.3) is 11.0 Å². The molecule has 2 N–H and O–H groups in total. The molecule has 7 nitrogen and oxygen atoms in total. The molecule has 0 radical (unpaired) electrons. The van der Waals surface area contributed by atoms with Crippen molar-refractivity contribution in [3.05, 3.63) is 47.8 Å². The number of amides is 1. The Morgan fingerprint density at radius 3 is 3.00 bits per heavy atom. The lowest BCUT2D eigenvalue weighted by Gasteiger charge is -2.28. The molecule has 3 aromatic rings. The molecule has 1 aliphatic heterocycles. The zero-order chi connectivity index (χ0) is 19.8. The van der Waals surface area contributed by atoms with E-state index in [0.29, 0.717) is 28.7 Å². The van der Waals surface area contributed by atoms with Gasteiger partial charge in [0, 0.05) is 17.5 Å². The summed E-state index contributed by atoms with van der Waals surface area (Å²) in [7, 11) is 1.55.